The molecule has 86 valence electrons. The number of esters is 1. The number of carbonyl (C=O) groups excluding carboxylic acids is 1. The van der Waals surface area contributed by atoms with Gasteiger partial charge in [0.05, 0.1) is 7.11 Å². The highest BCUT2D eigenvalue weighted by molar-refractivity contribution is 5.76. The number of aromatic nitrogens is 2. The summed E-state index contributed by atoms with van der Waals surface area (Å²) in [4.78, 5) is 19.2. The molecular weight excluding hydrogens is 210 g/mol. The van der Waals surface area contributed by atoms with Crippen LogP contribution in [0.25, 0.3) is 0 Å². The Balaban J connectivity index is 1.88. The van der Waals surface area contributed by atoms with Crippen molar-refractivity contribution in [3.05, 3.63) is 18.5 Å². The van der Waals surface area contributed by atoms with E-state index in [-0.39, 0.29) is 18.1 Å². The van der Waals surface area contributed by atoms with E-state index >= 15 is 0 Å². The van der Waals surface area contributed by atoms with E-state index in [0.29, 0.717) is 19.0 Å². The molecule has 2 atom stereocenters. The summed E-state index contributed by atoms with van der Waals surface area (Å²) >= 11 is 0. The quantitative estimate of drug-likeness (QED) is 0.713. The van der Waals surface area contributed by atoms with E-state index in [1.807, 2.05) is 0 Å². The SMILES string of the molecule is COC(=O)C1CC(Oc2ncccn2)CN1. The van der Waals surface area contributed by atoms with Crippen molar-refractivity contribution in [1.29, 1.82) is 0 Å². The third kappa shape index (κ3) is 2.46. The molecule has 1 aliphatic rings. The van der Waals surface area contributed by atoms with Crippen LogP contribution in [0.1, 0.15) is 6.42 Å². The number of ether oxygens (including phenoxy) is 2. The fraction of sp³-hybridized carbons (Fsp3) is 0.500. The minimum atomic E-state index is -0.293. The molecule has 0 amide bonds. The van der Waals surface area contributed by atoms with Crippen LogP contribution in [0.3, 0.4) is 0 Å². The van der Waals surface area contributed by atoms with Gasteiger partial charge in [0.1, 0.15) is 12.1 Å². The molecule has 6 nitrogen and oxygen atoms in total. The third-order valence-electron chi connectivity index (χ3n) is 2.39. The minimum Gasteiger partial charge on any atom is -0.468 e. The van der Waals surface area contributed by atoms with E-state index in [2.05, 4.69) is 20.0 Å². The Hall–Kier alpha value is -1.69. The molecule has 0 spiro atoms. The first-order chi connectivity index (χ1) is 7.79. The molecule has 1 saturated heterocycles. The van der Waals surface area contributed by atoms with Crippen molar-refractivity contribution >= 4 is 5.97 Å². The molecule has 1 aliphatic heterocycles. The molecule has 16 heavy (non-hydrogen) atoms. The normalized spacial score (nSPS) is 24.1. The van der Waals surface area contributed by atoms with Crippen LogP contribution in [-0.2, 0) is 9.53 Å². The van der Waals surface area contributed by atoms with Crippen LogP contribution in [0.5, 0.6) is 6.01 Å². The van der Waals surface area contributed by atoms with Crippen LogP contribution in [0.4, 0.5) is 0 Å². The molecule has 1 aromatic heterocycles. The Labute approximate surface area is 93.0 Å². The fourth-order valence-corrected chi connectivity index (χ4v) is 1.61. The highest BCUT2D eigenvalue weighted by atomic mass is 16.5. The van der Waals surface area contributed by atoms with Crippen molar-refractivity contribution in [2.24, 2.45) is 0 Å². The van der Waals surface area contributed by atoms with Crippen molar-refractivity contribution in [2.45, 2.75) is 18.6 Å². The number of nitrogens with one attached hydrogen (secondary N) is 1. The topological polar surface area (TPSA) is 73.3 Å². The number of carbonyl (C=O) groups is 1. The zero-order valence-corrected chi connectivity index (χ0v) is 8.92. The van der Waals surface area contributed by atoms with E-state index in [0.717, 1.165) is 0 Å². The van der Waals surface area contributed by atoms with Gasteiger partial charge in [-0.25, -0.2) is 9.97 Å². The maximum atomic E-state index is 11.2. The molecule has 2 rings (SSSR count). The van der Waals surface area contributed by atoms with Gasteiger partial charge in [0.15, 0.2) is 0 Å². The van der Waals surface area contributed by atoms with Gasteiger partial charge >= 0.3 is 12.0 Å². The Morgan fingerprint density at radius 1 is 1.50 bits per heavy atom. The summed E-state index contributed by atoms with van der Waals surface area (Å²) in [5, 5.41) is 3.02. The zero-order valence-electron chi connectivity index (χ0n) is 8.92. The Kier molecular flexibility index (Phi) is 3.31. The van der Waals surface area contributed by atoms with Gasteiger partial charge in [0, 0.05) is 25.4 Å². The predicted molar refractivity (Wildman–Crippen MR) is 54.9 cm³/mol. The van der Waals surface area contributed by atoms with E-state index in [1.54, 1.807) is 18.5 Å². The van der Waals surface area contributed by atoms with Crippen LogP contribution in [0, 0.1) is 0 Å². The average molecular weight is 223 g/mol. The maximum absolute atomic E-state index is 11.2. The van der Waals surface area contributed by atoms with E-state index < -0.39 is 0 Å². The average Bonchev–Trinajstić information content (AvgIpc) is 2.78. The van der Waals surface area contributed by atoms with E-state index in [4.69, 9.17) is 4.74 Å². The molecule has 2 unspecified atom stereocenters. The molecule has 0 bridgehead atoms. The summed E-state index contributed by atoms with van der Waals surface area (Å²) in [6.45, 7) is 0.595. The Morgan fingerprint density at radius 3 is 2.94 bits per heavy atom. The van der Waals surface area contributed by atoms with Gasteiger partial charge in [-0.3, -0.25) is 4.79 Å². The van der Waals surface area contributed by atoms with E-state index in [9.17, 15) is 4.79 Å². The van der Waals surface area contributed by atoms with Crippen molar-refractivity contribution in [2.75, 3.05) is 13.7 Å². The first-order valence-corrected chi connectivity index (χ1v) is 5.04. The van der Waals surface area contributed by atoms with Gasteiger partial charge in [-0.2, -0.15) is 0 Å². The summed E-state index contributed by atoms with van der Waals surface area (Å²) in [6.07, 6.45) is 3.71. The van der Waals surface area contributed by atoms with Crippen LogP contribution in [0.15, 0.2) is 18.5 Å². The van der Waals surface area contributed by atoms with Crippen molar-refractivity contribution in [1.82, 2.24) is 15.3 Å². The second-order valence-electron chi connectivity index (χ2n) is 3.49. The third-order valence-corrected chi connectivity index (χ3v) is 2.39. The van der Waals surface area contributed by atoms with Crippen molar-refractivity contribution in [3.8, 4) is 6.01 Å². The van der Waals surface area contributed by atoms with Gasteiger partial charge in [0.25, 0.3) is 0 Å². The summed E-state index contributed by atoms with van der Waals surface area (Å²) in [5.41, 5.74) is 0. The minimum absolute atomic E-state index is 0.0912. The van der Waals surface area contributed by atoms with Crippen LogP contribution >= 0.6 is 0 Å². The predicted octanol–water partition coefficient (Wildman–Crippen LogP) is -0.241. The lowest BCUT2D eigenvalue weighted by Crippen LogP contribution is -2.31. The zero-order chi connectivity index (χ0) is 11.4. The molecule has 0 radical (unpaired) electrons. The number of hydrogen-bond acceptors (Lipinski definition) is 6. The first kappa shape index (κ1) is 10.8. The molecule has 0 aromatic carbocycles. The first-order valence-electron chi connectivity index (χ1n) is 5.04. The van der Waals surface area contributed by atoms with E-state index in [1.165, 1.54) is 7.11 Å². The largest absolute Gasteiger partial charge is 0.468 e. The maximum Gasteiger partial charge on any atom is 0.323 e. The van der Waals surface area contributed by atoms with Crippen molar-refractivity contribution < 1.29 is 14.3 Å². The summed E-state index contributed by atoms with van der Waals surface area (Å²) < 4.78 is 10.2. The fourth-order valence-electron chi connectivity index (χ4n) is 1.61. The van der Waals surface area contributed by atoms with Gasteiger partial charge in [0.2, 0.25) is 0 Å². The number of hydrogen-bond donors (Lipinski definition) is 1. The van der Waals surface area contributed by atoms with Gasteiger partial charge in [-0.05, 0) is 6.07 Å². The number of nitrogens with zero attached hydrogens (tertiary/aromatic N) is 2. The van der Waals surface area contributed by atoms with Crippen LogP contribution in [-0.4, -0.2) is 41.7 Å². The lowest BCUT2D eigenvalue weighted by Gasteiger charge is -2.10. The molecule has 1 fully saturated rings. The molecule has 0 saturated carbocycles. The molecule has 1 aromatic rings. The summed E-state index contributed by atoms with van der Waals surface area (Å²) in [5.74, 6) is -0.264. The highest BCUT2D eigenvalue weighted by Gasteiger charge is 2.31. The molecule has 1 N–H and O–H groups in total. The Morgan fingerprint density at radius 2 is 2.25 bits per heavy atom. The van der Waals surface area contributed by atoms with Crippen LogP contribution < -0.4 is 10.1 Å². The second-order valence-corrected chi connectivity index (χ2v) is 3.49. The second kappa shape index (κ2) is 4.89. The number of methoxy groups -OCH3 is 1. The van der Waals surface area contributed by atoms with Gasteiger partial charge < -0.3 is 14.8 Å². The molecule has 6 heteroatoms. The molecule has 0 aliphatic carbocycles. The number of rotatable bonds is 3. The van der Waals surface area contributed by atoms with Gasteiger partial charge in [-0.15, -0.1) is 0 Å². The standard InChI is InChI=1S/C10H13N3O3/c1-15-9(14)8-5-7(6-13-8)16-10-11-3-2-4-12-10/h2-4,7-8,13H,5-6H2,1H3. The lowest BCUT2D eigenvalue weighted by atomic mass is 10.2. The summed E-state index contributed by atoms with van der Waals surface area (Å²) in [6, 6.07) is 1.76. The monoisotopic (exact) mass is 223 g/mol. The summed E-state index contributed by atoms with van der Waals surface area (Å²) in [7, 11) is 1.37. The lowest BCUT2D eigenvalue weighted by molar-refractivity contribution is -0.142. The molecule has 2 heterocycles. The smallest absolute Gasteiger partial charge is 0.323 e. The van der Waals surface area contributed by atoms with Gasteiger partial charge in [-0.1, -0.05) is 0 Å². The Bertz CT molecular complexity index is 358. The molecular formula is C10H13N3O3. The highest BCUT2D eigenvalue weighted by Crippen LogP contribution is 2.13. The van der Waals surface area contributed by atoms with Crippen LogP contribution in [0.2, 0.25) is 0 Å². The van der Waals surface area contributed by atoms with Crippen molar-refractivity contribution in [3.63, 3.8) is 0 Å².